The molecule has 0 aliphatic rings. The van der Waals surface area contributed by atoms with E-state index in [1.54, 1.807) is 13.0 Å². The first-order valence-corrected chi connectivity index (χ1v) is 7.48. The van der Waals surface area contributed by atoms with Gasteiger partial charge in [-0.15, -0.1) is 0 Å². The lowest BCUT2D eigenvalue weighted by Gasteiger charge is -2.04. The molecule has 2 aromatic heterocycles. The van der Waals surface area contributed by atoms with E-state index in [4.69, 9.17) is 4.52 Å². The lowest BCUT2D eigenvalue weighted by molar-refractivity contribution is -0.116. The van der Waals surface area contributed by atoms with Crippen molar-refractivity contribution in [3.05, 3.63) is 26.8 Å². The molecule has 20 heavy (non-hydrogen) atoms. The highest BCUT2D eigenvalue weighted by Crippen LogP contribution is 2.15. The average Bonchev–Trinajstić information content (AvgIpc) is 2.89. The third kappa shape index (κ3) is 3.59. The second-order valence-electron chi connectivity index (χ2n) is 4.68. The predicted molar refractivity (Wildman–Crippen MR) is 83.5 cm³/mol. The van der Waals surface area contributed by atoms with Gasteiger partial charge in [-0.2, -0.15) is 5.10 Å². The number of nitrogens with one attached hydrogen (secondary N) is 1. The Labute approximate surface area is 131 Å². The number of nitrogens with zero attached hydrogens (tertiary/aromatic N) is 3. The molecule has 0 unspecified atom stereocenters. The maximum atomic E-state index is 11.7. The van der Waals surface area contributed by atoms with Gasteiger partial charge >= 0.3 is 0 Å². The lowest BCUT2D eigenvalue weighted by Crippen LogP contribution is -2.13. The van der Waals surface area contributed by atoms with Gasteiger partial charge in [0.2, 0.25) is 5.91 Å². The molecule has 0 spiro atoms. The SMILES string of the molecule is Cc1cc(NC(=O)CCCn2nc(C)c(I)c2C)no1. The van der Waals surface area contributed by atoms with Gasteiger partial charge in [0.1, 0.15) is 5.76 Å². The maximum Gasteiger partial charge on any atom is 0.225 e. The van der Waals surface area contributed by atoms with Gasteiger partial charge in [-0.25, -0.2) is 0 Å². The zero-order chi connectivity index (χ0) is 14.7. The zero-order valence-corrected chi connectivity index (χ0v) is 13.9. The largest absolute Gasteiger partial charge is 0.360 e. The summed E-state index contributed by atoms with van der Waals surface area (Å²) in [5.74, 6) is 1.08. The van der Waals surface area contributed by atoms with Crippen LogP contribution in [0, 0.1) is 24.3 Å². The molecule has 0 fully saturated rings. The van der Waals surface area contributed by atoms with Crippen LogP contribution in [0.2, 0.25) is 0 Å². The third-order valence-electron chi connectivity index (χ3n) is 2.96. The molecular formula is C13H17IN4O2. The molecule has 0 bridgehead atoms. The van der Waals surface area contributed by atoms with Crippen LogP contribution in [0.15, 0.2) is 10.6 Å². The minimum atomic E-state index is -0.0606. The molecule has 0 aliphatic heterocycles. The fourth-order valence-corrected chi connectivity index (χ4v) is 2.30. The number of rotatable bonds is 5. The summed E-state index contributed by atoms with van der Waals surface area (Å²) in [6, 6.07) is 1.70. The zero-order valence-electron chi connectivity index (χ0n) is 11.7. The van der Waals surface area contributed by atoms with Crippen molar-refractivity contribution in [1.29, 1.82) is 0 Å². The number of hydrogen-bond donors (Lipinski definition) is 1. The molecule has 2 aromatic rings. The number of amides is 1. The van der Waals surface area contributed by atoms with Crippen LogP contribution in [-0.2, 0) is 11.3 Å². The fraction of sp³-hybridized carbons (Fsp3) is 0.462. The Morgan fingerprint density at radius 1 is 1.45 bits per heavy atom. The molecule has 0 radical (unpaired) electrons. The summed E-state index contributed by atoms with van der Waals surface area (Å²) >= 11 is 2.29. The van der Waals surface area contributed by atoms with E-state index in [9.17, 15) is 4.79 Å². The first-order valence-electron chi connectivity index (χ1n) is 6.40. The molecular weight excluding hydrogens is 371 g/mol. The van der Waals surface area contributed by atoms with Gasteiger partial charge in [0.15, 0.2) is 5.82 Å². The summed E-state index contributed by atoms with van der Waals surface area (Å²) in [6.07, 6.45) is 1.17. The van der Waals surface area contributed by atoms with Gasteiger partial charge in [0.05, 0.1) is 9.26 Å². The molecule has 0 aliphatic carbocycles. The Balaban J connectivity index is 1.80. The van der Waals surface area contributed by atoms with Crippen LogP contribution in [0.5, 0.6) is 0 Å². The van der Waals surface area contributed by atoms with Gasteiger partial charge in [-0.3, -0.25) is 9.48 Å². The Kier molecular flexibility index (Phi) is 4.79. The summed E-state index contributed by atoms with van der Waals surface area (Å²) in [4.78, 5) is 11.7. The van der Waals surface area contributed by atoms with Crippen molar-refractivity contribution in [3.8, 4) is 0 Å². The highest BCUT2D eigenvalue weighted by atomic mass is 127. The topological polar surface area (TPSA) is 73.0 Å². The highest BCUT2D eigenvalue weighted by molar-refractivity contribution is 14.1. The Bertz CT molecular complexity index is 618. The summed E-state index contributed by atoms with van der Waals surface area (Å²) in [5.41, 5.74) is 2.18. The molecule has 7 heteroatoms. The monoisotopic (exact) mass is 388 g/mol. The second kappa shape index (κ2) is 6.38. The van der Waals surface area contributed by atoms with Gasteiger partial charge in [-0.05, 0) is 49.8 Å². The van der Waals surface area contributed by atoms with Crippen molar-refractivity contribution >= 4 is 34.3 Å². The molecule has 1 N–H and O–H groups in total. The summed E-state index contributed by atoms with van der Waals surface area (Å²) in [6.45, 7) is 6.55. The van der Waals surface area contributed by atoms with Crippen LogP contribution in [0.4, 0.5) is 5.82 Å². The van der Waals surface area contributed by atoms with Crippen LogP contribution >= 0.6 is 22.6 Å². The van der Waals surface area contributed by atoms with E-state index in [2.05, 4.69) is 38.2 Å². The summed E-state index contributed by atoms with van der Waals surface area (Å²) in [7, 11) is 0. The average molecular weight is 388 g/mol. The number of anilines is 1. The number of aryl methyl sites for hydroxylation is 3. The minimum absolute atomic E-state index is 0.0606. The van der Waals surface area contributed by atoms with Crippen LogP contribution in [-0.4, -0.2) is 20.8 Å². The van der Waals surface area contributed by atoms with E-state index in [0.29, 0.717) is 18.0 Å². The Morgan fingerprint density at radius 2 is 2.20 bits per heavy atom. The predicted octanol–water partition coefficient (Wildman–Crippen LogP) is 2.82. The van der Waals surface area contributed by atoms with Crippen LogP contribution in [0.1, 0.15) is 30.0 Å². The molecule has 0 saturated carbocycles. The number of aromatic nitrogens is 3. The van der Waals surface area contributed by atoms with Crippen LogP contribution in [0.25, 0.3) is 0 Å². The molecule has 2 rings (SSSR count). The van der Waals surface area contributed by atoms with Crippen molar-refractivity contribution in [1.82, 2.24) is 14.9 Å². The number of halogens is 1. The molecule has 6 nitrogen and oxygen atoms in total. The fourth-order valence-electron chi connectivity index (χ4n) is 1.91. The molecule has 0 aromatic carbocycles. The van der Waals surface area contributed by atoms with E-state index in [1.165, 1.54) is 3.57 Å². The maximum absolute atomic E-state index is 11.7. The van der Waals surface area contributed by atoms with Crippen molar-refractivity contribution in [3.63, 3.8) is 0 Å². The van der Waals surface area contributed by atoms with Gasteiger partial charge in [-0.1, -0.05) is 5.16 Å². The first kappa shape index (κ1) is 15.0. The van der Waals surface area contributed by atoms with Crippen molar-refractivity contribution in [2.75, 3.05) is 5.32 Å². The van der Waals surface area contributed by atoms with Gasteiger partial charge in [0, 0.05) is 24.7 Å². The van der Waals surface area contributed by atoms with Gasteiger partial charge < -0.3 is 9.84 Å². The van der Waals surface area contributed by atoms with E-state index in [0.717, 1.165) is 24.4 Å². The molecule has 1 amide bonds. The van der Waals surface area contributed by atoms with Crippen molar-refractivity contribution in [2.24, 2.45) is 0 Å². The minimum Gasteiger partial charge on any atom is -0.360 e. The number of carbonyl (C=O) groups is 1. The second-order valence-corrected chi connectivity index (χ2v) is 5.76. The quantitative estimate of drug-likeness (QED) is 0.800. The molecule has 0 saturated heterocycles. The standard InChI is InChI=1S/C13H17IN4O2/c1-8-7-11(17-20-8)15-12(19)5-4-6-18-10(3)13(14)9(2)16-18/h7H,4-6H2,1-3H3,(H,15,17,19). The van der Waals surface area contributed by atoms with E-state index in [1.807, 2.05) is 18.5 Å². The lowest BCUT2D eigenvalue weighted by atomic mass is 10.3. The summed E-state index contributed by atoms with van der Waals surface area (Å²) < 4.78 is 8.03. The molecule has 0 atom stereocenters. The van der Waals surface area contributed by atoms with Gasteiger partial charge in [0.25, 0.3) is 0 Å². The summed E-state index contributed by atoms with van der Waals surface area (Å²) in [5, 5.41) is 10.9. The third-order valence-corrected chi connectivity index (χ3v) is 4.52. The molecule has 2 heterocycles. The number of carbonyl (C=O) groups excluding carboxylic acids is 1. The van der Waals surface area contributed by atoms with Crippen molar-refractivity contribution < 1.29 is 9.32 Å². The van der Waals surface area contributed by atoms with E-state index in [-0.39, 0.29) is 5.91 Å². The smallest absolute Gasteiger partial charge is 0.225 e. The molecule has 108 valence electrons. The first-order chi connectivity index (χ1) is 9.47. The Morgan fingerprint density at radius 3 is 2.75 bits per heavy atom. The Hall–Kier alpha value is -1.38. The highest BCUT2D eigenvalue weighted by Gasteiger charge is 2.10. The van der Waals surface area contributed by atoms with E-state index < -0.39 is 0 Å². The number of hydrogen-bond acceptors (Lipinski definition) is 4. The van der Waals surface area contributed by atoms with Crippen LogP contribution in [0.3, 0.4) is 0 Å². The normalized spacial score (nSPS) is 10.8. The van der Waals surface area contributed by atoms with E-state index >= 15 is 0 Å². The van der Waals surface area contributed by atoms with Crippen molar-refractivity contribution in [2.45, 2.75) is 40.2 Å². The van der Waals surface area contributed by atoms with Crippen LogP contribution < -0.4 is 5.32 Å².